The van der Waals surface area contributed by atoms with Crippen LogP contribution in [0.1, 0.15) is 71.6 Å². The van der Waals surface area contributed by atoms with Crippen molar-refractivity contribution in [3.05, 3.63) is 0 Å². The van der Waals surface area contributed by atoms with Crippen LogP contribution in [0.2, 0.25) is 0 Å². The zero-order valence-electron chi connectivity index (χ0n) is 13.5. The van der Waals surface area contributed by atoms with Gasteiger partial charge in [-0.1, -0.05) is 26.7 Å². The van der Waals surface area contributed by atoms with Gasteiger partial charge in [-0.25, -0.2) is 0 Å². The van der Waals surface area contributed by atoms with E-state index in [0.29, 0.717) is 23.9 Å². The van der Waals surface area contributed by atoms with Crippen LogP contribution in [0.25, 0.3) is 0 Å². The lowest BCUT2D eigenvalue weighted by Crippen LogP contribution is -2.47. The molecule has 0 radical (unpaired) electrons. The van der Waals surface area contributed by atoms with E-state index < -0.39 is 0 Å². The number of nitrogens with one attached hydrogen (secondary N) is 2. The van der Waals surface area contributed by atoms with Gasteiger partial charge in [0.1, 0.15) is 0 Å². The number of hydrogen-bond donors (Lipinski definition) is 2. The molecule has 116 valence electrons. The molecule has 2 aliphatic rings. The fraction of sp³-hybridized carbons (Fsp3) is 0.941. The molecular formula is C17H32N2O. The number of rotatable bonds is 5. The lowest BCUT2D eigenvalue weighted by atomic mass is 9.77. The van der Waals surface area contributed by atoms with Crippen molar-refractivity contribution >= 4 is 5.91 Å². The zero-order chi connectivity index (χ0) is 14.6. The van der Waals surface area contributed by atoms with Gasteiger partial charge in [0.15, 0.2) is 0 Å². The van der Waals surface area contributed by atoms with Gasteiger partial charge in [0.05, 0.1) is 0 Å². The van der Waals surface area contributed by atoms with Crippen LogP contribution in [0, 0.1) is 11.3 Å². The van der Waals surface area contributed by atoms with E-state index in [4.69, 9.17) is 0 Å². The molecule has 0 heterocycles. The highest BCUT2D eigenvalue weighted by molar-refractivity contribution is 5.83. The molecule has 0 aromatic rings. The molecule has 0 aromatic carbocycles. The van der Waals surface area contributed by atoms with Crippen molar-refractivity contribution in [3.8, 4) is 0 Å². The fourth-order valence-electron chi connectivity index (χ4n) is 4.22. The van der Waals surface area contributed by atoms with Crippen LogP contribution in [0.15, 0.2) is 0 Å². The summed E-state index contributed by atoms with van der Waals surface area (Å²) in [7, 11) is 2.04. The first-order chi connectivity index (χ1) is 9.55. The van der Waals surface area contributed by atoms with Crippen molar-refractivity contribution in [1.29, 1.82) is 0 Å². The zero-order valence-corrected chi connectivity index (χ0v) is 13.5. The first-order valence-corrected chi connectivity index (χ1v) is 8.54. The van der Waals surface area contributed by atoms with Gasteiger partial charge in [-0.3, -0.25) is 4.79 Å². The normalized spacial score (nSPS) is 29.6. The van der Waals surface area contributed by atoms with Gasteiger partial charge in [-0.2, -0.15) is 0 Å². The third-order valence-corrected chi connectivity index (χ3v) is 5.31. The summed E-state index contributed by atoms with van der Waals surface area (Å²) in [5.41, 5.74) is -0.0476. The molecule has 3 nitrogen and oxygen atoms in total. The van der Waals surface area contributed by atoms with Gasteiger partial charge in [-0.05, 0) is 57.9 Å². The van der Waals surface area contributed by atoms with Crippen molar-refractivity contribution in [1.82, 2.24) is 10.6 Å². The Balaban J connectivity index is 1.89. The summed E-state index contributed by atoms with van der Waals surface area (Å²) >= 11 is 0. The Labute approximate surface area is 124 Å². The average Bonchev–Trinajstić information content (AvgIpc) is 2.88. The molecule has 2 N–H and O–H groups in total. The maximum absolute atomic E-state index is 12.8. The van der Waals surface area contributed by atoms with Crippen LogP contribution in [-0.2, 0) is 4.79 Å². The molecule has 0 bridgehead atoms. The van der Waals surface area contributed by atoms with Crippen molar-refractivity contribution in [2.75, 3.05) is 7.05 Å². The predicted octanol–water partition coefficient (Wildman–Crippen LogP) is 3.24. The van der Waals surface area contributed by atoms with Crippen LogP contribution < -0.4 is 10.6 Å². The van der Waals surface area contributed by atoms with Gasteiger partial charge in [0.2, 0.25) is 5.91 Å². The summed E-state index contributed by atoms with van der Waals surface area (Å²) < 4.78 is 0. The van der Waals surface area contributed by atoms with E-state index in [0.717, 1.165) is 32.1 Å². The van der Waals surface area contributed by atoms with Crippen LogP contribution >= 0.6 is 0 Å². The van der Waals surface area contributed by atoms with Crippen LogP contribution in [0.4, 0.5) is 0 Å². The highest BCUT2D eigenvalue weighted by atomic mass is 16.2. The van der Waals surface area contributed by atoms with Crippen LogP contribution in [0.5, 0.6) is 0 Å². The Bertz CT molecular complexity index is 313. The third kappa shape index (κ3) is 3.75. The molecule has 3 heteroatoms. The Morgan fingerprint density at radius 3 is 2.15 bits per heavy atom. The molecule has 2 saturated carbocycles. The second kappa shape index (κ2) is 6.93. The predicted molar refractivity (Wildman–Crippen MR) is 83.6 cm³/mol. The monoisotopic (exact) mass is 280 g/mol. The van der Waals surface area contributed by atoms with E-state index in [-0.39, 0.29) is 5.41 Å². The maximum Gasteiger partial charge on any atom is 0.226 e. The molecule has 2 aliphatic carbocycles. The molecule has 0 saturated heterocycles. The summed E-state index contributed by atoms with van der Waals surface area (Å²) in [4.78, 5) is 12.8. The van der Waals surface area contributed by atoms with Gasteiger partial charge in [0, 0.05) is 17.5 Å². The molecule has 20 heavy (non-hydrogen) atoms. The minimum atomic E-state index is -0.0476. The van der Waals surface area contributed by atoms with Crippen molar-refractivity contribution in [3.63, 3.8) is 0 Å². The average molecular weight is 280 g/mol. The minimum absolute atomic E-state index is 0.0476. The number of amides is 1. The molecule has 2 rings (SSSR count). The van der Waals surface area contributed by atoms with Gasteiger partial charge in [0.25, 0.3) is 0 Å². The summed E-state index contributed by atoms with van der Waals surface area (Å²) in [6.45, 7) is 4.48. The van der Waals surface area contributed by atoms with E-state index in [9.17, 15) is 4.79 Å². The van der Waals surface area contributed by atoms with Crippen molar-refractivity contribution < 1.29 is 4.79 Å². The smallest absolute Gasteiger partial charge is 0.226 e. The lowest BCUT2D eigenvalue weighted by molar-refractivity contribution is -0.132. The maximum atomic E-state index is 12.8. The minimum Gasteiger partial charge on any atom is -0.353 e. The third-order valence-electron chi connectivity index (χ3n) is 5.31. The fourth-order valence-corrected chi connectivity index (χ4v) is 4.22. The quantitative estimate of drug-likeness (QED) is 0.811. The molecule has 0 aliphatic heterocycles. The summed E-state index contributed by atoms with van der Waals surface area (Å²) in [5, 5.41) is 6.74. The standard InChI is InChI=1S/C17H32N2O/c1-13(2)12-17(10-4-5-11-17)16(20)19-15-8-6-14(18-3)7-9-15/h13-15,18H,4-12H2,1-3H3,(H,19,20). The first kappa shape index (κ1) is 15.8. The molecule has 2 fully saturated rings. The SMILES string of the molecule is CNC1CCC(NC(=O)C2(CC(C)C)CCCC2)CC1. The van der Waals surface area contributed by atoms with E-state index in [1.165, 1.54) is 25.7 Å². The summed E-state index contributed by atoms with van der Waals surface area (Å²) in [6.07, 6.45) is 10.4. The van der Waals surface area contributed by atoms with E-state index >= 15 is 0 Å². The molecule has 0 unspecified atom stereocenters. The molecular weight excluding hydrogens is 248 g/mol. The van der Waals surface area contributed by atoms with Crippen molar-refractivity contribution in [2.45, 2.75) is 83.7 Å². The van der Waals surface area contributed by atoms with Gasteiger partial charge in [-0.15, -0.1) is 0 Å². The molecule has 0 atom stereocenters. The van der Waals surface area contributed by atoms with Gasteiger partial charge >= 0.3 is 0 Å². The summed E-state index contributed by atoms with van der Waals surface area (Å²) in [6, 6.07) is 1.07. The van der Waals surface area contributed by atoms with E-state index in [1.54, 1.807) is 0 Å². The number of carbonyl (C=O) groups excluding carboxylic acids is 1. The van der Waals surface area contributed by atoms with Gasteiger partial charge < -0.3 is 10.6 Å². The Morgan fingerprint density at radius 1 is 1.10 bits per heavy atom. The second-order valence-corrected chi connectivity index (χ2v) is 7.40. The Morgan fingerprint density at radius 2 is 1.65 bits per heavy atom. The van der Waals surface area contributed by atoms with Crippen LogP contribution in [0.3, 0.4) is 0 Å². The van der Waals surface area contributed by atoms with E-state index in [2.05, 4.69) is 24.5 Å². The number of hydrogen-bond acceptors (Lipinski definition) is 2. The Kier molecular flexibility index (Phi) is 5.48. The van der Waals surface area contributed by atoms with E-state index in [1.807, 2.05) is 7.05 Å². The Hall–Kier alpha value is -0.570. The molecule has 1 amide bonds. The highest BCUT2D eigenvalue weighted by Gasteiger charge is 2.42. The first-order valence-electron chi connectivity index (χ1n) is 8.54. The highest BCUT2D eigenvalue weighted by Crippen LogP contribution is 2.43. The largest absolute Gasteiger partial charge is 0.353 e. The van der Waals surface area contributed by atoms with Crippen LogP contribution in [-0.4, -0.2) is 25.0 Å². The van der Waals surface area contributed by atoms with Crippen molar-refractivity contribution in [2.24, 2.45) is 11.3 Å². The lowest BCUT2D eigenvalue weighted by Gasteiger charge is -2.34. The summed E-state index contributed by atoms with van der Waals surface area (Å²) in [5.74, 6) is 0.968. The number of carbonyl (C=O) groups is 1. The molecule has 0 spiro atoms. The second-order valence-electron chi connectivity index (χ2n) is 7.40. The topological polar surface area (TPSA) is 41.1 Å². The molecule has 0 aromatic heterocycles.